The smallest absolute Gasteiger partial charge is 0.227 e. The molecule has 0 saturated heterocycles. The Hall–Kier alpha value is -3.03. The van der Waals surface area contributed by atoms with Gasteiger partial charge in [0, 0.05) is 41.9 Å². The molecule has 6 nitrogen and oxygen atoms in total. The molecule has 150 valence electrons. The van der Waals surface area contributed by atoms with Crippen LogP contribution in [0, 0.1) is 5.82 Å². The van der Waals surface area contributed by atoms with Crippen molar-refractivity contribution in [3.05, 3.63) is 65.6 Å². The molecule has 0 radical (unpaired) electrons. The van der Waals surface area contributed by atoms with E-state index in [1.54, 1.807) is 18.3 Å². The Morgan fingerprint density at radius 2 is 2.00 bits per heavy atom. The highest BCUT2D eigenvalue weighted by molar-refractivity contribution is 5.75. The van der Waals surface area contributed by atoms with Crippen molar-refractivity contribution < 1.29 is 9.13 Å². The number of ether oxygens (including phenoxy) is 1. The van der Waals surface area contributed by atoms with Gasteiger partial charge < -0.3 is 21.1 Å². The zero-order valence-electron chi connectivity index (χ0n) is 16.1. The molecule has 6 bridgehead atoms. The van der Waals surface area contributed by atoms with E-state index in [9.17, 15) is 4.39 Å². The molecule has 0 saturated carbocycles. The van der Waals surface area contributed by atoms with Gasteiger partial charge in [-0.3, -0.25) is 0 Å². The zero-order valence-corrected chi connectivity index (χ0v) is 16.1. The first-order chi connectivity index (χ1) is 14.2. The number of fused-ring (bicyclic) bond motifs is 9. The molecule has 0 amide bonds. The van der Waals surface area contributed by atoms with Gasteiger partial charge in [-0.15, -0.1) is 0 Å². The maximum atomic E-state index is 14.1. The van der Waals surface area contributed by atoms with Gasteiger partial charge in [-0.25, -0.2) is 14.4 Å². The van der Waals surface area contributed by atoms with E-state index in [1.165, 1.54) is 6.07 Å². The summed E-state index contributed by atoms with van der Waals surface area (Å²) in [7, 11) is 0. The van der Waals surface area contributed by atoms with Gasteiger partial charge in [0.1, 0.15) is 5.82 Å². The van der Waals surface area contributed by atoms with Gasteiger partial charge in [-0.2, -0.15) is 0 Å². The Balaban J connectivity index is 1.66. The number of halogens is 1. The van der Waals surface area contributed by atoms with Crippen LogP contribution in [0.3, 0.4) is 0 Å². The van der Waals surface area contributed by atoms with E-state index in [0.29, 0.717) is 29.5 Å². The average molecular weight is 393 g/mol. The van der Waals surface area contributed by atoms with Crippen LogP contribution in [0.4, 0.5) is 21.7 Å². The third kappa shape index (κ3) is 4.88. The average Bonchev–Trinajstić information content (AvgIpc) is 2.72. The molecule has 0 unspecified atom stereocenters. The van der Waals surface area contributed by atoms with Crippen LogP contribution >= 0.6 is 0 Å². The Bertz CT molecular complexity index is 995. The first kappa shape index (κ1) is 19.3. The summed E-state index contributed by atoms with van der Waals surface area (Å²) < 4.78 is 19.8. The van der Waals surface area contributed by atoms with E-state index in [2.05, 4.69) is 26.7 Å². The molecule has 2 aliphatic rings. The highest BCUT2D eigenvalue weighted by Crippen LogP contribution is 2.26. The number of nitrogens with zero attached hydrogens (tertiary/aromatic N) is 2. The van der Waals surface area contributed by atoms with Gasteiger partial charge in [-0.1, -0.05) is 12.1 Å². The highest BCUT2D eigenvalue weighted by atomic mass is 19.1. The molecule has 3 heterocycles. The van der Waals surface area contributed by atoms with E-state index in [1.807, 2.05) is 18.2 Å². The van der Waals surface area contributed by atoms with Gasteiger partial charge >= 0.3 is 0 Å². The zero-order chi connectivity index (χ0) is 20.1. The van der Waals surface area contributed by atoms with Crippen molar-refractivity contribution in [2.24, 2.45) is 0 Å². The lowest BCUT2D eigenvalue weighted by Crippen LogP contribution is -2.15. The SMILES string of the molecule is Nc1cc2ccc1-c1ccnc(n1)Nc1ccc(F)c(c1)COCCCCNC2. The van der Waals surface area contributed by atoms with Gasteiger partial charge in [0.2, 0.25) is 5.95 Å². The largest absolute Gasteiger partial charge is 0.398 e. The molecule has 2 aliphatic heterocycles. The fourth-order valence-electron chi connectivity index (χ4n) is 3.29. The third-order valence-electron chi connectivity index (χ3n) is 4.83. The van der Waals surface area contributed by atoms with Gasteiger partial charge in [0.15, 0.2) is 0 Å². The predicted octanol–water partition coefficient (Wildman–Crippen LogP) is 4.01. The number of nitrogens with one attached hydrogen (secondary N) is 2. The minimum Gasteiger partial charge on any atom is -0.398 e. The lowest BCUT2D eigenvalue weighted by atomic mass is 10.1. The van der Waals surface area contributed by atoms with E-state index in [0.717, 1.165) is 42.8 Å². The molecule has 0 fully saturated rings. The summed E-state index contributed by atoms with van der Waals surface area (Å²) in [4.78, 5) is 8.85. The summed E-state index contributed by atoms with van der Waals surface area (Å²) in [6, 6.07) is 12.6. The number of hydrogen-bond acceptors (Lipinski definition) is 6. The minimum absolute atomic E-state index is 0.232. The summed E-state index contributed by atoms with van der Waals surface area (Å²) in [6.45, 7) is 2.45. The fraction of sp³-hybridized carbons (Fsp3) is 0.273. The maximum absolute atomic E-state index is 14.1. The van der Waals surface area contributed by atoms with Crippen LogP contribution in [0.2, 0.25) is 0 Å². The van der Waals surface area contributed by atoms with Crippen LogP contribution < -0.4 is 16.4 Å². The summed E-state index contributed by atoms with van der Waals surface area (Å²) in [5, 5.41) is 6.56. The number of nitrogens with two attached hydrogens (primary N) is 1. The van der Waals surface area contributed by atoms with Crippen molar-refractivity contribution in [2.75, 3.05) is 24.2 Å². The monoisotopic (exact) mass is 393 g/mol. The van der Waals surface area contributed by atoms with E-state index >= 15 is 0 Å². The van der Waals surface area contributed by atoms with Crippen molar-refractivity contribution in [3.8, 4) is 11.3 Å². The topological polar surface area (TPSA) is 85.1 Å². The molecule has 7 heteroatoms. The molecule has 0 aliphatic carbocycles. The van der Waals surface area contributed by atoms with Crippen LogP contribution in [-0.2, 0) is 17.9 Å². The fourth-order valence-corrected chi connectivity index (χ4v) is 3.29. The Morgan fingerprint density at radius 1 is 1.07 bits per heavy atom. The summed E-state index contributed by atoms with van der Waals surface area (Å²) in [5.74, 6) is 0.134. The molecule has 29 heavy (non-hydrogen) atoms. The number of rotatable bonds is 0. The van der Waals surface area contributed by atoms with Gasteiger partial charge in [0.25, 0.3) is 0 Å². The first-order valence-electron chi connectivity index (χ1n) is 9.75. The van der Waals surface area contributed by atoms with E-state index in [4.69, 9.17) is 10.5 Å². The third-order valence-corrected chi connectivity index (χ3v) is 4.83. The van der Waals surface area contributed by atoms with Crippen LogP contribution in [0.25, 0.3) is 11.3 Å². The molecular weight excluding hydrogens is 369 g/mol. The summed E-state index contributed by atoms with van der Waals surface area (Å²) in [5.41, 5.74) is 10.9. The van der Waals surface area contributed by atoms with Crippen LogP contribution in [0.15, 0.2) is 48.7 Å². The standard InChI is InChI=1S/C22H24FN5O/c23-19-6-4-17-12-16(19)14-29-10-2-1-8-25-13-15-3-5-18(20(24)11-15)21-7-9-26-22(27-17)28-21/h3-7,9,11-12,25H,1-2,8,10,13-14,24H2,(H,26,27,28). The van der Waals surface area contributed by atoms with Crippen molar-refractivity contribution >= 4 is 17.3 Å². The van der Waals surface area contributed by atoms with Crippen molar-refractivity contribution in [2.45, 2.75) is 26.0 Å². The molecule has 3 aromatic rings. The maximum Gasteiger partial charge on any atom is 0.227 e. The molecule has 0 atom stereocenters. The second kappa shape index (κ2) is 8.98. The Labute approximate surface area is 169 Å². The Morgan fingerprint density at radius 3 is 2.90 bits per heavy atom. The number of hydrogen-bond donors (Lipinski definition) is 3. The molecule has 1 aromatic heterocycles. The van der Waals surface area contributed by atoms with Crippen molar-refractivity contribution in [1.82, 2.24) is 15.3 Å². The molecule has 2 aromatic carbocycles. The lowest BCUT2D eigenvalue weighted by Gasteiger charge is -2.11. The number of benzene rings is 2. The van der Waals surface area contributed by atoms with Crippen molar-refractivity contribution in [1.29, 1.82) is 0 Å². The summed E-state index contributed by atoms with van der Waals surface area (Å²) >= 11 is 0. The van der Waals surface area contributed by atoms with Crippen molar-refractivity contribution in [3.63, 3.8) is 0 Å². The molecule has 4 N–H and O–H groups in total. The first-order valence-corrected chi connectivity index (χ1v) is 9.75. The molecule has 5 rings (SSSR count). The van der Waals surface area contributed by atoms with Crippen LogP contribution in [-0.4, -0.2) is 23.1 Å². The summed E-state index contributed by atoms with van der Waals surface area (Å²) in [6.07, 6.45) is 3.57. The number of nitrogen functional groups attached to an aromatic ring is 1. The van der Waals surface area contributed by atoms with Gasteiger partial charge in [0.05, 0.1) is 12.3 Å². The normalized spacial score (nSPS) is 15.1. The van der Waals surface area contributed by atoms with Gasteiger partial charge in [-0.05, 0) is 55.3 Å². The number of aromatic nitrogens is 2. The molecular formula is C22H24FN5O. The second-order valence-electron chi connectivity index (χ2n) is 7.05. The predicted molar refractivity (Wildman–Crippen MR) is 112 cm³/mol. The quantitative estimate of drug-likeness (QED) is 0.501. The van der Waals surface area contributed by atoms with E-state index < -0.39 is 0 Å². The second-order valence-corrected chi connectivity index (χ2v) is 7.05. The highest BCUT2D eigenvalue weighted by Gasteiger charge is 2.09. The van der Waals surface area contributed by atoms with Crippen LogP contribution in [0.1, 0.15) is 24.0 Å². The lowest BCUT2D eigenvalue weighted by molar-refractivity contribution is 0.115. The minimum atomic E-state index is -0.287. The Kier molecular flexibility index (Phi) is 5.97. The van der Waals surface area contributed by atoms with E-state index in [-0.39, 0.29) is 12.4 Å². The molecule has 0 spiro atoms. The number of anilines is 3. The van der Waals surface area contributed by atoms with Crippen LogP contribution in [0.5, 0.6) is 0 Å².